The van der Waals surface area contributed by atoms with Crippen molar-refractivity contribution in [3.63, 3.8) is 0 Å². The van der Waals surface area contributed by atoms with Crippen molar-refractivity contribution in [3.05, 3.63) is 30.3 Å². The largest absolute Gasteiger partial charge is 0.549 e. The number of hydrogen-bond donors (Lipinski definition) is 2. The van der Waals surface area contributed by atoms with E-state index in [1.807, 2.05) is 0 Å². The van der Waals surface area contributed by atoms with Crippen LogP contribution >= 0.6 is 7.82 Å². The fourth-order valence-corrected chi connectivity index (χ4v) is 1.42. The number of carbonyl (C=O) groups is 1. The zero-order valence-corrected chi connectivity index (χ0v) is 8.81. The highest BCUT2D eigenvalue weighted by Crippen LogP contribution is 2.42. The highest BCUT2D eigenvalue weighted by atomic mass is 31.2. The molecule has 0 saturated heterocycles. The Morgan fingerprint density at radius 2 is 2.00 bits per heavy atom. The third kappa shape index (κ3) is 4.60. The Balaban J connectivity index is 2.57. The van der Waals surface area contributed by atoms with Crippen LogP contribution in [0.3, 0.4) is 0 Å². The molecule has 0 heterocycles. The van der Waals surface area contributed by atoms with Crippen molar-refractivity contribution in [2.24, 2.45) is 0 Å². The van der Waals surface area contributed by atoms with E-state index in [2.05, 4.69) is 9.15 Å². The van der Waals surface area contributed by atoms with Crippen LogP contribution in [-0.4, -0.2) is 10.8 Å². The molecular formula is C8H10NO5P. The van der Waals surface area contributed by atoms with Crippen molar-refractivity contribution in [2.45, 2.75) is 6.92 Å². The number of amides is 1. The van der Waals surface area contributed by atoms with Crippen LogP contribution in [0.2, 0.25) is 0 Å². The molecule has 1 rings (SSSR count). The molecule has 82 valence electrons. The molecule has 0 spiro atoms. The summed E-state index contributed by atoms with van der Waals surface area (Å²) < 4.78 is 20.0. The summed E-state index contributed by atoms with van der Waals surface area (Å²) in [4.78, 5) is 19.5. The highest BCUT2D eigenvalue weighted by molar-refractivity contribution is 7.47. The molecule has 0 fully saturated rings. The van der Waals surface area contributed by atoms with Crippen LogP contribution in [0, 0.1) is 0 Å². The Kier molecular flexibility index (Phi) is 3.85. The number of hydroxylamine groups is 1. The Morgan fingerprint density at radius 1 is 1.40 bits per heavy atom. The van der Waals surface area contributed by atoms with E-state index in [4.69, 9.17) is 4.89 Å². The monoisotopic (exact) mass is 231 g/mol. The molecule has 0 bridgehead atoms. The molecule has 1 aromatic rings. The Hall–Kier alpha value is -1.36. The first-order valence-electron chi connectivity index (χ1n) is 4.02. The molecule has 0 saturated carbocycles. The Morgan fingerprint density at radius 3 is 2.53 bits per heavy atom. The van der Waals surface area contributed by atoms with E-state index in [1.165, 1.54) is 12.1 Å². The van der Waals surface area contributed by atoms with Gasteiger partial charge in [-0.3, -0.25) is 9.69 Å². The summed E-state index contributed by atoms with van der Waals surface area (Å²) in [6.07, 6.45) is 0. The molecule has 2 N–H and O–H groups in total. The van der Waals surface area contributed by atoms with Crippen LogP contribution in [0.25, 0.3) is 0 Å². The van der Waals surface area contributed by atoms with Crippen LogP contribution in [0.4, 0.5) is 0 Å². The minimum absolute atomic E-state index is 0.175. The van der Waals surface area contributed by atoms with E-state index in [0.717, 1.165) is 6.92 Å². The second-order valence-electron chi connectivity index (χ2n) is 2.62. The first-order valence-corrected chi connectivity index (χ1v) is 5.52. The van der Waals surface area contributed by atoms with Gasteiger partial charge in [-0.25, -0.2) is 10.0 Å². The van der Waals surface area contributed by atoms with Crippen LogP contribution in [0.1, 0.15) is 6.92 Å². The average Bonchev–Trinajstić information content (AvgIpc) is 2.16. The molecule has 1 amide bonds. The zero-order valence-electron chi connectivity index (χ0n) is 7.91. The maximum Gasteiger partial charge on any atom is 0.549 e. The first-order chi connectivity index (χ1) is 6.99. The quantitative estimate of drug-likeness (QED) is 0.601. The summed E-state index contributed by atoms with van der Waals surface area (Å²) in [5, 5.41) is 0. The number of nitrogens with one attached hydrogen (secondary N) is 1. The number of phosphoric ester groups is 1. The van der Waals surface area contributed by atoms with Gasteiger partial charge in [-0.2, -0.15) is 4.62 Å². The topological polar surface area (TPSA) is 84.9 Å². The van der Waals surface area contributed by atoms with Crippen molar-refractivity contribution < 1.29 is 23.4 Å². The van der Waals surface area contributed by atoms with E-state index in [9.17, 15) is 9.36 Å². The van der Waals surface area contributed by atoms with E-state index in [1.54, 1.807) is 23.7 Å². The first kappa shape index (κ1) is 11.7. The molecule has 15 heavy (non-hydrogen) atoms. The lowest BCUT2D eigenvalue weighted by atomic mass is 10.3. The normalized spacial score (nSPS) is 14.0. The lowest BCUT2D eigenvalue weighted by Gasteiger charge is -2.11. The fraction of sp³-hybridized carbons (Fsp3) is 0.125. The Bertz CT molecular complexity index is 380. The minimum atomic E-state index is -4.30. The van der Waals surface area contributed by atoms with Crippen molar-refractivity contribution in [3.8, 4) is 5.75 Å². The smallest absolute Gasteiger partial charge is 0.403 e. The van der Waals surface area contributed by atoms with Gasteiger partial charge in [0.25, 0.3) is 0 Å². The van der Waals surface area contributed by atoms with E-state index in [0.29, 0.717) is 0 Å². The number of phosphoric acid groups is 1. The van der Waals surface area contributed by atoms with Crippen LogP contribution in [0.5, 0.6) is 5.75 Å². The lowest BCUT2D eigenvalue weighted by molar-refractivity contribution is -0.126. The summed E-state index contributed by atoms with van der Waals surface area (Å²) in [7, 11) is -4.30. The number of carbonyl (C=O) groups excluding carboxylic acids is 1. The summed E-state index contributed by atoms with van der Waals surface area (Å²) >= 11 is 0. The highest BCUT2D eigenvalue weighted by Gasteiger charge is 2.24. The lowest BCUT2D eigenvalue weighted by Crippen LogP contribution is -2.19. The maximum absolute atomic E-state index is 11.2. The summed E-state index contributed by atoms with van der Waals surface area (Å²) in [5.41, 5.74) is 1.73. The van der Waals surface area contributed by atoms with Crippen molar-refractivity contribution in [1.82, 2.24) is 5.48 Å². The summed E-state index contributed by atoms with van der Waals surface area (Å²) in [5.74, 6) is -0.422. The van der Waals surface area contributed by atoms with Crippen molar-refractivity contribution in [1.29, 1.82) is 0 Å². The molecule has 6 nitrogen and oxygen atoms in total. The fourth-order valence-electron chi connectivity index (χ4n) is 0.755. The van der Waals surface area contributed by atoms with E-state index < -0.39 is 13.7 Å². The van der Waals surface area contributed by atoms with E-state index >= 15 is 0 Å². The van der Waals surface area contributed by atoms with Gasteiger partial charge in [0, 0.05) is 6.92 Å². The molecule has 0 aliphatic rings. The van der Waals surface area contributed by atoms with Gasteiger partial charge in [0.05, 0.1) is 0 Å². The summed E-state index contributed by atoms with van der Waals surface area (Å²) in [6.45, 7) is 1.14. The molecule has 0 aliphatic carbocycles. The summed E-state index contributed by atoms with van der Waals surface area (Å²) in [6, 6.07) is 7.96. The molecule has 1 atom stereocenters. The molecule has 0 aromatic heterocycles. The zero-order chi connectivity index (χ0) is 11.3. The predicted molar refractivity (Wildman–Crippen MR) is 51.8 cm³/mol. The SMILES string of the molecule is CC(=O)NOP(=O)(O)Oc1ccccc1. The number of para-hydroxylation sites is 1. The molecule has 7 heteroatoms. The van der Waals surface area contributed by atoms with Gasteiger partial charge in [-0.05, 0) is 12.1 Å². The van der Waals surface area contributed by atoms with Crippen molar-refractivity contribution in [2.75, 3.05) is 0 Å². The minimum Gasteiger partial charge on any atom is -0.403 e. The molecule has 1 unspecified atom stereocenters. The maximum atomic E-state index is 11.2. The van der Waals surface area contributed by atoms with E-state index in [-0.39, 0.29) is 5.75 Å². The van der Waals surface area contributed by atoms with Crippen LogP contribution in [0.15, 0.2) is 30.3 Å². The van der Waals surface area contributed by atoms with Gasteiger partial charge in [-0.15, -0.1) is 0 Å². The Labute approximate surface area is 86.4 Å². The second kappa shape index (κ2) is 4.93. The van der Waals surface area contributed by atoms with Gasteiger partial charge in [0.2, 0.25) is 5.91 Å². The van der Waals surface area contributed by atoms with Gasteiger partial charge in [0.15, 0.2) is 0 Å². The molecular weight excluding hydrogens is 221 g/mol. The average molecular weight is 231 g/mol. The van der Waals surface area contributed by atoms with Gasteiger partial charge in [-0.1, -0.05) is 18.2 Å². The predicted octanol–water partition coefficient (Wildman–Crippen LogP) is 1.23. The number of rotatable bonds is 4. The van der Waals surface area contributed by atoms with Gasteiger partial charge >= 0.3 is 7.82 Å². The second-order valence-corrected chi connectivity index (χ2v) is 3.92. The van der Waals surface area contributed by atoms with Crippen molar-refractivity contribution >= 4 is 13.7 Å². The molecule has 0 radical (unpaired) electrons. The van der Waals surface area contributed by atoms with Gasteiger partial charge in [0.1, 0.15) is 5.75 Å². The van der Waals surface area contributed by atoms with Crippen LogP contribution < -0.4 is 10.0 Å². The third-order valence-electron chi connectivity index (χ3n) is 1.27. The number of hydrogen-bond acceptors (Lipinski definition) is 4. The van der Waals surface area contributed by atoms with Gasteiger partial charge < -0.3 is 4.52 Å². The number of benzene rings is 1. The third-order valence-corrected chi connectivity index (χ3v) is 2.03. The standard InChI is InChI=1S/C8H10NO5P/c1-7(10)9-14-15(11,12)13-8-5-3-2-4-6-8/h2-6H,1H3,(H,9,10)(H,11,12). The molecule has 1 aromatic carbocycles. The van der Waals surface area contributed by atoms with Crippen LogP contribution in [-0.2, 0) is 14.0 Å². The molecule has 0 aliphatic heterocycles.